The van der Waals surface area contributed by atoms with Crippen LogP contribution in [0.2, 0.25) is 0 Å². The number of ketones is 1. The van der Waals surface area contributed by atoms with E-state index >= 15 is 0 Å². The Balaban J connectivity index is 1.92. The van der Waals surface area contributed by atoms with Crippen LogP contribution in [0.5, 0.6) is 5.75 Å². The number of nitrogens with zero attached hydrogens (tertiary/aromatic N) is 1. The van der Waals surface area contributed by atoms with Gasteiger partial charge in [0.25, 0.3) is 0 Å². The van der Waals surface area contributed by atoms with E-state index in [0.29, 0.717) is 28.0 Å². The van der Waals surface area contributed by atoms with Gasteiger partial charge < -0.3 is 13.9 Å². The molecule has 0 fully saturated rings. The summed E-state index contributed by atoms with van der Waals surface area (Å²) in [5.41, 5.74) is 1.27. The Hall–Kier alpha value is -3.15. The molecule has 0 spiro atoms. The van der Waals surface area contributed by atoms with Crippen molar-refractivity contribution >= 4 is 22.7 Å². The number of benzene rings is 1. The molecule has 0 bridgehead atoms. The zero-order chi connectivity index (χ0) is 16.2. The fourth-order valence-corrected chi connectivity index (χ4v) is 2.11. The Bertz CT molecular complexity index is 854. The van der Waals surface area contributed by atoms with Crippen LogP contribution in [0.4, 0.5) is 0 Å². The number of hydrogen-bond donors (Lipinski definition) is 0. The lowest BCUT2D eigenvalue weighted by molar-refractivity contribution is -0.142. The normalized spacial score (nSPS) is 10.5. The number of pyridine rings is 1. The molecule has 6 nitrogen and oxygen atoms in total. The molecule has 0 amide bonds. The molecule has 0 aliphatic carbocycles. The molecule has 3 aromatic rings. The number of ether oxygens (including phenoxy) is 2. The maximum absolute atomic E-state index is 12.5. The topological polar surface area (TPSA) is 78.6 Å². The molecule has 0 N–H and O–H groups in total. The predicted octanol–water partition coefficient (Wildman–Crippen LogP) is 2.61. The van der Waals surface area contributed by atoms with Crippen molar-refractivity contribution in [2.75, 3.05) is 13.7 Å². The first-order valence-electron chi connectivity index (χ1n) is 6.85. The highest BCUT2D eigenvalue weighted by molar-refractivity contribution is 6.15. The van der Waals surface area contributed by atoms with E-state index in [0.717, 1.165) is 0 Å². The van der Waals surface area contributed by atoms with E-state index in [2.05, 4.69) is 9.72 Å². The molecule has 0 atom stereocenters. The van der Waals surface area contributed by atoms with Crippen LogP contribution >= 0.6 is 0 Å². The van der Waals surface area contributed by atoms with Crippen molar-refractivity contribution in [1.82, 2.24) is 4.98 Å². The van der Waals surface area contributed by atoms with Gasteiger partial charge in [-0.05, 0) is 30.3 Å². The minimum absolute atomic E-state index is 0.205. The predicted molar refractivity (Wildman–Crippen MR) is 81.4 cm³/mol. The first-order valence-corrected chi connectivity index (χ1v) is 6.85. The zero-order valence-corrected chi connectivity index (χ0v) is 12.3. The Labute approximate surface area is 131 Å². The van der Waals surface area contributed by atoms with Crippen molar-refractivity contribution < 1.29 is 23.5 Å². The van der Waals surface area contributed by atoms with Gasteiger partial charge in [-0.3, -0.25) is 9.78 Å². The average molecular weight is 311 g/mol. The van der Waals surface area contributed by atoms with Crippen LogP contribution in [-0.4, -0.2) is 30.5 Å². The molecule has 6 heteroatoms. The van der Waals surface area contributed by atoms with Crippen molar-refractivity contribution in [2.24, 2.45) is 0 Å². The van der Waals surface area contributed by atoms with E-state index in [1.807, 2.05) is 0 Å². The molecule has 0 unspecified atom stereocenters. The van der Waals surface area contributed by atoms with Gasteiger partial charge >= 0.3 is 5.97 Å². The monoisotopic (exact) mass is 311 g/mol. The van der Waals surface area contributed by atoms with Gasteiger partial charge in [0.2, 0.25) is 5.78 Å². The lowest BCUT2D eigenvalue weighted by Crippen LogP contribution is -2.12. The largest absolute Gasteiger partial charge is 0.482 e. The van der Waals surface area contributed by atoms with Gasteiger partial charge in [0.15, 0.2) is 6.61 Å². The second kappa shape index (κ2) is 6.31. The van der Waals surface area contributed by atoms with Crippen molar-refractivity contribution in [1.29, 1.82) is 0 Å². The van der Waals surface area contributed by atoms with E-state index in [1.165, 1.54) is 13.4 Å². The van der Waals surface area contributed by atoms with Gasteiger partial charge in [0, 0.05) is 11.6 Å². The minimum Gasteiger partial charge on any atom is -0.482 e. The Kier molecular flexibility index (Phi) is 4.05. The maximum Gasteiger partial charge on any atom is 0.343 e. The molecule has 0 saturated carbocycles. The van der Waals surface area contributed by atoms with Crippen LogP contribution < -0.4 is 4.74 Å². The first-order chi connectivity index (χ1) is 11.2. The van der Waals surface area contributed by atoms with Crippen molar-refractivity contribution in [2.45, 2.75) is 0 Å². The number of carbonyl (C=O) groups excluding carboxylic acids is 2. The summed E-state index contributed by atoms with van der Waals surface area (Å²) in [6.07, 6.45) is 2.95. The molecule has 0 aliphatic rings. The quantitative estimate of drug-likeness (QED) is 0.532. The van der Waals surface area contributed by atoms with Crippen molar-refractivity contribution in [3.05, 3.63) is 60.1 Å². The molecule has 116 valence electrons. The van der Waals surface area contributed by atoms with Crippen LogP contribution in [0.1, 0.15) is 16.1 Å². The van der Waals surface area contributed by atoms with E-state index < -0.39 is 5.97 Å². The molecule has 2 aromatic heterocycles. The third kappa shape index (κ3) is 3.06. The van der Waals surface area contributed by atoms with Crippen molar-refractivity contribution in [3.63, 3.8) is 0 Å². The van der Waals surface area contributed by atoms with Gasteiger partial charge in [-0.15, -0.1) is 0 Å². The summed E-state index contributed by atoms with van der Waals surface area (Å²) in [4.78, 5) is 27.7. The second-order valence-electron chi connectivity index (χ2n) is 4.72. The van der Waals surface area contributed by atoms with Gasteiger partial charge in [-0.2, -0.15) is 0 Å². The summed E-state index contributed by atoms with van der Waals surface area (Å²) < 4.78 is 15.3. The molecule has 2 heterocycles. The molecule has 23 heavy (non-hydrogen) atoms. The van der Waals surface area contributed by atoms with Crippen LogP contribution in [-0.2, 0) is 9.53 Å². The zero-order valence-electron chi connectivity index (χ0n) is 12.3. The molecule has 0 radical (unpaired) electrons. The number of hydrogen-bond acceptors (Lipinski definition) is 6. The third-order valence-corrected chi connectivity index (χ3v) is 3.27. The van der Waals surface area contributed by atoms with Crippen molar-refractivity contribution in [3.8, 4) is 5.75 Å². The number of furan rings is 1. The molecule has 0 aliphatic heterocycles. The number of fused-ring (bicyclic) bond motifs is 1. The Morgan fingerprint density at radius 2 is 2.09 bits per heavy atom. The SMILES string of the molecule is COC(=O)COc1ccc2occ(C(=O)c3ccccn3)c2c1. The first kappa shape index (κ1) is 14.8. The average Bonchev–Trinajstić information content (AvgIpc) is 3.02. The summed E-state index contributed by atoms with van der Waals surface area (Å²) in [7, 11) is 1.29. The second-order valence-corrected chi connectivity index (χ2v) is 4.72. The third-order valence-electron chi connectivity index (χ3n) is 3.27. The molecular weight excluding hydrogens is 298 g/mol. The van der Waals surface area contributed by atoms with Crippen LogP contribution in [0.25, 0.3) is 11.0 Å². The van der Waals surface area contributed by atoms with Gasteiger partial charge in [0.1, 0.15) is 23.3 Å². The standard InChI is InChI=1S/C17H13NO5/c1-21-16(19)10-22-11-5-6-15-12(8-11)13(9-23-15)17(20)14-4-2-3-7-18-14/h2-9H,10H2,1H3. The summed E-state index contributed by atoms with van der Waals surface area (Å²) in [5.74, 6) is -0.282. The summed E-state index contributed by atoms with van der Waals surface area (Å²) in [6, 6.07) is 10.1. The Morgan fingerprint density at radius 3 is 2.83 bits per heavy atom. The lowest BCUT2D eigenvalue weighted by Gasteiger charge is -2.04. The minimum atomic E-state index is -0.484. The van der Waals surface area contributed by atoms with E-state index in [9.17, 15) is 9.59 Å². The number of aromatic nitrogens is 1. The highest BCUT2D eigenvalue weighted by Crippen LogP contribution is 2.27. The van der Waals surface area contributed by atoms with Gasteiger partial charge in [-0.1, -0.05) is 6.07 Å². The summed E-state index contributed by atoms with van der Waals surface area (Å²) >= 11 is 0. The molecule has 1 aromatic carbocycles. The fraction of sp³-hybridized carbons (Fsp3) is 0.118. The van der Waals surface area contributed by atoms with Gasteiger partial charge in [0.05, 0.1) is 12.7 Å². The summed E-state index contributed by atoms with van der Waals surface area (Å²) in [6.45, 7) is -0.205. The number of carbonyl (C=O) groups is 2. The molecular formula is C17H13NO5. The number of esters is 1. The number of rotatable bonds is 5. The maximum atomic E-state index is 12.5. The smallest absolute Gasteiger partial charge is 0.343 e. The van der Waals surface area contributed by atoms with Crippen LogP contribution in [0.3, 0.4) is 0 Å². The van der Waals surface area contributed by atoms with E-state index in [1.54, 1.807) is 42.6 Å². The highest BCUT2D eigenvalue weighted by atomic mass is 16.6. The van der Waals surface area contributed by atoms with Crippen LogP contribution in [0, 0.1) is 0 Å². The molecule has 0 saturated heterocycles. The highest BCUT2D eigenvalue weighted by Gasteiger charge is 2.17. The molecule has 3 rings (SSSR count). The fourth-order valence-electron chi connectivity index (χ4n) is 2.11. The van der Waals surface area contributed by atoms with Crippen LogP contribution in [0.15, 0.2) is 53.3 Å². The van der Waals surface area contributed by atoms with Gasteiger partial charge in [-0.25, -0.2) is 4.79 Å². The Morgan fingerprint density at radius 1 is 1.22 bits per heavy atom. The lowest BCUT2D eigenvalue weighted by atomic mass is 10.1. The van der Waals surface area contributed by atoms with E-state index in [4.69, 9.17) is 9.15 Å². The summed E-state index contributed by atoms with van der Waals surface area (Å²) in [5, 5.41) is 0.600. The van der Waals surface area contributed by atoms with E-state index in [-0.39, 0.29) is 12.4 Å². The number of methoxy groups -OCH3 is 1.